The van der Waals surface area contributed by atoms with Crippen molar-refractivity contribution in [2.24, 2.45) is 5.73 Å². The molecule has 0 saturated carbocycles. The van der Waals surface area contributed by atoms with Gasteiger partial charge in [-0.2, -0.15) is 0 Å². The Labute approximate surface area is 114 Å². The van der Waals surface area contributed by atoms with Crippen LogP contribution in [0.25, 0.3) is 11.1 Å². The van der Waals surface area contributed by atoms with E-state index < -0.39 is 0 Å². The normalized spacial score (nSPS) is 10.4. The summed E-state index contributed by atoms with van der Waals surface area (Å²) in [5, 5.41) is 0. The first-order chi connectivity index (χ1) is 8.65. The maximum atomic E-state index is 13.9. The van der Waals surface area contributed by atoms with Crippen LogP contribution in [0.4, 0.5) is 4.39 Å². The van der Waals surface area contributed by atoms with Crippen molar-refractivity contribution in [2.75, 3.05) is 7.11 Å². The molecule has 0 amide bonds. The molecule has 0 atom stereocenters. The molecular formula is C14H13BrFNO. The third kappa shape index (κ3) is 2.54. The monoisotopic (exact) mass is 309 g/mol. The van der Waals surface area contributed by atoms with Gasteiger partial charge in [-0.05, 0) is 41.5 Å². The highest BCUT2D eigenvalue weighted by Gasteiger charge is 2.10. The minimum atomic E-state index is -0.266. The van der Waals surface area contributed by atoms with E-state index in [4.69, 9.17) is 10.5 Å². The number of rotatable bonds is 3. The minimum Gasteiger partial charge on any atom is -0.497 e. The molecule has 0 aromatic heterocycles. The molecule has 2 nitrogen and oxygen atoms in total. The van der Waals surface area contributed by atoms with Crippen LogP contribution < -0.4 is 10.5 Å². The molecule has 4 heteroatoms. The standard InChI is InChI=1S/C14H13BrFNO/c1-18-11-3-4-12(9(6-11)8-17)13-7-10(15)2-5-14(13)16/h2-7H,8,17H2,1H3. The lowest BCUT2D eigenvalue weighted by Gasteiger charge is -2.11. The summed E-state index contributed by atoms with van der Waals surface area (Å²) < 4.78 is 19.8. The van der Waals surface area contributed by atoms with Crippen LogP contribution in [0.3, 0.4) is 0 Å². The third-order valence-corrected chi connectivity index (χ3v) is 3.24. The number of hydrogen-bond donors (Lipinski definition) is 1. The summed E-state index contributed by atoms with van der Waals surface area (Å²) in [7, 11) is 1.59. The van der Waals surface area contributed by atoms with Gasteiger partial charge in [-0.15, -0.1) is 0 Å². The van der Waals surface area contributed by atoms with Gasteiger partial charge in [0.1, 0.15) is 11.6 Å². The zero-order valence-corrected chi connectivity index (χ0v) is 11.5. The highest BCUT2D eigenvalue weighted by atomic mass is 79.9. The minimum absolute atomic E-state index is 0.266. The molecule has 0 fully saturated rings. The first-order valence-corrected chi connectivity index (χ1v) is 6.27. The molecule has 2 aromatic carbocycles. The second kappa shape index (κ2) is 5.50. The van der Waals surface area contributed by atoms with Crippen molar-refractivity contribution in [3.8, 4) is 16.9 Å². The molecule has 2 rings (SSSR count). The number of ether oxygens (including phenoxy) is 1. The molecule has 0 unspecified atom stereocenters. The van der Waals surface area contributed by atoms with Gasteiger partial charge in [0.05, 0.1) is 7.11 Å². The van der Waals surface area contributed by atoms with E-state index >= 15 is 0 Å². The first kappa shape index (κ1) is 13.1. The Bertz CT molecular complexity index is 572. The Morgan fingerprint density at radius 2 is 1.94 bits per heavy atom. The van der Waals surface area contributed by atoms with Crippen molar-refractivity contribution in [3.63, 3.8) is 0 Å². The van der Waals surface area contributed by atoms with Crippen molar-refractivity contribution in [3.05, 3.63) is 52.3 Å². The largest absolute Gasteiger partial charge is 0.497 e. The summed E-state index contributed by atoms with van der Waals surface area (Å²) >= 11 is 3.35. The molecule has 0 aliphatic carbocycles. The van der Waals surface area contributed by atoms with E-state index in [1.165, 1.54) is 6.07 Å². The maximum Gasteiger partial charge on any atom is 0.131 e. The van der Waals surface area contributed by atoms with Gasteiger partial charge >= 0.3 is 0 Å². The predicted octanol–water partition coefficient (Wildman–Crippen LogP) is 3.72. The number of nitrogens with two attached hydrogens (primary N) is 1. The molecule has 0 saturated heterocycles. The Kier molecular flexibility index (Phi) is 3.99. The lowest BCUT2D eigenvalue weighted by Crippen LogP contribution is -2.00. The van der Waals surface area contributed by atoms with Crippen LogP contribution in [0.5, 0.6) is 5.75 Å². The third-order valence-electron chi connectivity index (χ3n) is 2.75. The fourth-order valence-electron chi connectivity index (χ4n) is 1.83. The molecule has 0 aliphatic heterocycles. The molecule has 0 aliphatic rings. The Morgan fingerprint density at radius 1 is 1.17 bits per heavy atom. The van der Waals surface area contributed by atoms with E-state index in [1.807, 2.05) is 12.1 Å². The zero-order chi connectivity index (χ0) is 13.1. The first-order valence-electron chi connectivity index (χ1n) is 5.48. The van der Waals surface area contributed by atoms with Crippen molar-refractivity contribution in [1.29, 1.82) is 0 Å². The lowest BCUT2D eigenvalue weighted by atomic mass is 9.99. The van der Waals surface area contributed by atoms with Crippen LogP contribution in [0.15, 0.2) is 40.9 Å². The molecule has 2 aromatic rings. The molecular weight excluding hydrogens is 297 g/mol. The average molecular weight is 310 g/mol. The van der Waals surface area contributed by atoms with E-state index in [9.17, 15) is 4.39 Å². The fraction of sp³-hybridized carbons (Fsp3) is 0.143. The Balaban J connectivity index is 2.59. The van der Waals surface area contributed by atoms with Crippen LogP contribution >= 0.6 is 15.9 Å². The van der Waals surface area contributed by atoms with Crippen molar-refractivity contribution < 1.29 is 9.13 Å². The highest BCUT2D eigenvalue weighted by molar-refractivity contribution is 9.10. The molecule has 0 spiro atoms. The van der Waals surface area contributed by atoms with E-state index in [2.05, 4.69) is 15.9 Å². The smallest absolute Gasteiger partial charge is 0.131 e. The van der Waals surface area contributed by atoms with Gasteiger partial charge in [-0.1, -0.05) is 22.0 Å². The maximum absolute atomic E-state index is 13.9. The average Bonchev–Trinajstić information content (AvgIpc) is 2.41. The lowest BCUT2D eigenvalue weighted by molar-refractivity contribution is 0.414. The summed E-state index contributed by atoms with van der Waals surface area (Å²) in [6.07, 6.45) is 0. The Hall–Kier alpha value is -1.39. The van der Waals surface area contributed by atoms with Gasteiger partial charge in [0.2, 0.25) is 0 Å². The van der Waals surface area contributed by atoms with Gasteiger partial charge in [0.25, 0.3) is 0 Å². The van der Waals surface area contributed by atoms with Crippen molar-refractivity contribution in [2.45, 2.75) is 6.54 Å². The van der Waals surface area contributed by atoms with Crippen LogP contribution in [0.1, 0.15) is 5.56 Å². The summed E-state index contributed by atoms with van der Waals surface area (Å²) in [6.45, 7) is 0.332. The van der Waals surface area contributed by atoms with E-state index in [0.29, 0.717) is 12.1 Å². The van der Waals surface area contributed by atoms with Crippen molar-refractivity contribution in [1.82, 2.24) is 0 Å². The van der Waals surface area contributed by atoms with Crippen molar-refractivity contribution >= 4 is 15.9 Å². The summed E-state index contributed by atoms with van der Waals surface area (Å²) in [6, 6.07) is 10.3. The fourth-order valence-corrected chi connectivity index (χ4v) is 2.19. The second-order valence-electron chi connectivity index (χ2n) is 3.85. The Morgan fingerprint density at radius 3 is 2.61 bits per heavy atom. The number of benzene rings is 2. The van der Waals surface area contributed by atoms with Gasteiger partial charge in [0.15, 0.2) is 0 Å². The summed E-state index contributed by atoms with van der Waals surface area (Å²) in [5.74, 6) is 0.452. The summed E-state index contributed by atoms with van der Waals surface area (Å²) in [5.41, 5.74) is 7.89. The summed E-state index contributed by atoms with van der Waals surface area (Å²) in [4.78, 5) is 0. The second-order valence-corrected chi connectivity index (χ2v) is 4.77. The zero-order valence-electron chi connectivity index (χ0n) is 9.91. The molecule has 94 valence electrons. The topological polar surface area (TPSA) is 35.2 Å². The van der Waals surface area contributed by atoms with Gasteiger partial charge < -0.3 is 10.5 Å². The van der Waals surface area contributed by atoms with Gasteiger partial charge in [-0.3, -0.25) is 0 Å². The van der Waals surface area contributed by atoms with Gasteiger partial charge in [0, 0.05) is 16.6 Å². The molecule has 0 radical (unpaired) electrons. The van der Waals surface area contributed by atoms with Gasteiger partial charge in [-0.25, -0.2) is 4.39 Å². The van der Waals surface area contributed by atoms with Crippen LogP contribution in [0.2, 0.25) is 0 Å². The SMILES string of the molecule is COc1ccc(-c2cc(Br)ccc2F)c(CN)c1. The molecule has 2 N–H and O–H groups in total. The molecule has 0 heterocycles. The molecule has 0 bridgehead atoms. The van der Waals surface area contributed by atoms with Crippen LogP contribution in [-0.2, 0) is 6.54 Å². The number of methoxy groups -OCH3 is 1. The number of halogens is 2. The van der Waals surface area contributed by atoms with Crippen LogP contribution in [0, 0.1) is 5.82 Å². The van der Waals surface area contributed by atoms with E-state index in [0.717, 1.165) is 21.3 Å². The van der Waals surface area contributed by atoms with Crippen LogP contribution in [-0.4, -0.2) is 7.11 Å². The van der Waals surface area contributed by atoms with E-state index in [-0.39, 0.29) is 5.82 Å². The quantitative estimate of drug-likeness (QED) is 0.937. The van der Waals surface area contributed by atoms with E-state index in [1.54, 1.807) is 25.3 Å². The molecule has 18 heavy (non-hydrogen) atoms. The highest BCUT2D eigenvalue weighted by Crippen LogP contribution is 2.31. The predicted molar refractivity (Wildman–Crippen MR) is 74.0 cm³/mol. The number of hydrogen-bond acceptors (Lipinski definition) is 2.